The maximum Gasteiger partial charge on any atom is 0.263 e. The molecule has 1 aliphatic rings. The van der Waals surface area contributed by atoms with E-state index in [-0.39, 0.29) is 17.0 Å². The molecule has 108 valence electrons. The zero-order chi connectivity index (χ0) is 14.9. The molecule has 0 fully saturated rings. The molecular formula is C14H17F2N3O. The molecule has 0 aliphatic carbocycles. The highest BCUT2D eigenvalue weighted by molar-refractivity contribution is 6.05. The number of hydrogen-bond acceptors (Lipinski definition) is 3. The molecule has 1 unspecified atom stereocenters. The molecule has 1 heterocycles. The van der Waals surface area contributed by atoms with E-state index in [1.165, 1.54) is 24.3 Å². The smallest absolute Gasteiger partial charge is 0.263 e. The van der Waals surface area contributed by atoms with Gasteiger partial charge in [-0.2, -0.15) is 0 Å². The van der Waals surface area contributed by atoms with Gasteiger partial charge in [0, 0.05) is 11.1 Å². The van der Waals surface area contributed by atoms with Crippen LogP contribution in [0.1, 0.15) is 44.4 Å². The average Bonchev–Trinajstić information content (AvgIpc) is 2.67. The van der Waals surface area contributed by atoms with Crippen LogP contribution in [0, 0.1) is 0 Å². The van der Waals surface area contributed by atoms with E-state index in [9.17, 15) is 13.6 Å². The maximum absolute atomic E-state index is 12.5. The number of guanidine groups is 1. The fraction of sp³-hybridized carbons (Fsp3) is 0.429. The molecule has 2 N–H and O–H groups in total. The molecule has 0 spiro atoms. The largest absolute Gasteiger partial charge is 0.351 e. The lowest BCUT2D eigenvalue weighted by Crippen LogP contribution is -2.46. The van der Waals surface area contributed by atoms with Crippen molar-refractivity contribution in [1.82, 2.24) is 10.6 Å². The Morgan fingerprint density at radius 3 is 2.35 bits per heavy atom. The Kier molecular flexibility index (Phi) is 3.74. The third kappa shape index (κ3) is 3.31. The van der Waals surface area contributed by atoms with E-state index in [2.05, 4.69) is 15.6 Å². The van der Waals surface area contributed by atoms with Crippen molar-refractivity contribution < 1.29 is 13.6 Å². The minimum absolute atomic E-state index is 0.0656. The summed E-state index contributed by atoms with van der Waals surface area (Å²) in [7, 11) is 0. The first-order valence-electron chi connectivity index (χ1n) is 6.31. The molecule has 1 amide bonds. The first-order chi connectivity index (χ1) is 9.26. The molecule has 0 bridgehead atoms. The predicted molar refractivity (Wildman–Crippen MR) is 72.6 cm³/mol. The Bertz CT molecular complexity index is 532. The van der Waals surface area contributed by atoms with E-state index >= 15 is 0 Å². The summed E-state index contributed by atoms with van der Waals surface area (Å²) < 4.78 is 25.0. The van der Waals surface area contributed by atoms with Gasteiger partial charge in [-0.1, -0.05) is 24.3 Å². The molecule has 0 saturated heterocycles. The molecule has 1 aromatic carbocycles. The molecule has 1 atom stereocenters. The molecule has 2 rings (SSSR count). The van der Waals surface area contributed by atoms with Gasteiger partial charge in [-0.05, 0) is 26.3 Å². The van der Waals surface area contributed by atoms with Crippen LogP contribution < -0.4 is 10.6 Å². The van der Waals surface area contributed by atoms with E-state index in [4.69, 9.17) is 0 Å². The van der Waals surface area contributed by atoms with Gasteiger partial charge >= 0.3 is 0 Å². The number of alkyl halides is 2. The van der Waals surface area contributed by atoms with Crippen LogP contribution in [0.25, 0.3) is 0 Å². The number of aliphatic imine (C=N–C) groups is 1. The van der Waals surface area contributed by atoms with Gasteiger partial charge in [-0.25, -0.2) is 13.8 Å². The van der Waals surface area contributed by atoms with Gasteiger partial charge in [0.1, 0.15) is 0 Å². The van der Waals surface area contributed by atoms with Crippen molar-refractivity contribution in [2.45, 2.75) is 38.8 Å². The molecular weight excluding hydrogens is 264 g/mol. The molecule has 6 heteroatoms. The first kappa shape index (κ1) is 14.4. The molecule has 0 radical (unpaired) electrons. The highest BCUT2D eigenvalue weighted by atomic mass is 19.3. The Labute approximate surface area is 116 Å². The van der Waals surface area contributed by atoms with Crippen molar-refractivity contribution in [3.63, 3.8) is 0 Å². The van der Waals surface area contributed by atoms with Crippen LogP contribution in [0.2, 0.25) is 0 Å². The normalized spacial score (nSPS) is 19.0. The Morgan fingerprint density at radius 1 is 1.25 bits per heavy atom. The average molecular weight is 281 g/mol. The minimum Gasteiger partial charge on any atom is -0.351 e. The molecule has 20 heavy (non-hydrogen) atoms. The van der Waals surface area contributed by atoms with Crippen molar-refractivity contribution in [1.29, 1.82) is 0 Å². The number of rotatable bonds is 2. The van der Waals surface area contributed by atoms with E-state index in [1.807, 2.05) is 20.8 Å². The maximum atomic E-state index is 12.5. The first-order valence-corrected chi connectivity index (χ1v) is 6.31. The van der Waals surface area contributed by atoms with Crippen molar-refractivity contribution in [3.8, 4) is 0 Å². The second kappa shape index (κ2) is 5.19. The molecule has 4 nitrogen and oxygen atoms in total. The van der Waals surface area contributed by atoms with E-state index in [0.717, 1.165) is 0 Å². The summed E-state index contributed by atoms with van der Waals surface area (Å²) in [6, 6.07) is 4.96. The van der Waals surface area contributed by atoms with Crippen LogP contribution in [-0.4, -0.2) is 17.4 Å². The van der Waals surface area contributed by atoms with Gasteiger partial charge in [0.2, 0.25) is 0 Å². The van der Waals surface area contributed by atoms with Gasteiger partial charge in [0.15, 0.2) is 12.0 Å². The van der Waals surface area contributed by atoms with Crippen LogP contribution in [0.3, 0.4) is 0 Å². The Hall–Kier alpha value is -1.98. The van der Waals surface area contributed by atoms with Gasteiger partial charge in [0.05, 0.1) is 0 Å². The van der Waals surface area contributed by atoms with Gasteiger partial charge in [-0.15, -0.1) is 0 Å². The second-order valence-electron chi connectivity index (χ2n) is 5.71. The summed E-state index contributed by atoms with van der Waals surface area (Å²) in [6.07, 6.45) is -2.51. The number of carbonyl (C=O) groups excluding carboxylic acids is 1. The van der Waals surface area contributed by atoms with Crippen LogP contribution >= 0.6 is 0 Å². The summed E-state index contributed by atoms with van der Waals surface area (Å²) in [5.74, 6) is 0.145. The Morgan fingerprint density at radius 2 is 1.85 bits per heavy atom. The Balaban J connectivity index is 2.18. The molecule has 0 saturated carbocycles. The highest BCUT2D eigenvalue weighted by Gasteiger charge is 2.29. The predicted octanol–water partition coefficient (Wildman–Crippen LogP) is 2.54. The van der Waals surface area contributed by atoms with Crippen molar-refractivity contribution in [3.05, 3.63) is 35.4 Å². The zero-order valence-electron chi connectivity index (χ0n) is 11.6. The summed E-state index contributed by atoms with van der Waals surface area (Å²) in [5.41, 5.74) is 0.308. The van der Waals surface area contributed by atoms with Gasteiger partial charge < -0.3 is 5.32 Å². The van der Waals surface area contributed by atoms with Crippen LogP contribution in [-0.2, 0) is 4.79 Å². The molecule has 1 aromatic rings. The van der Waals surface area contributed by atoms with Crippen LogP contribution in [0.15, 0.2) is 29.3 Å². The summed E-state index contributed by atoms with van der Waals surface area (Å²) >= 11 is 0. The highest BCUT2D eigenvalue weighted by Crippen LogP contribution is 2.25. The van der Waals surface area contributed by atoms with Crippen LogP contribution in [0.4, 0.5) is 8.78 Å². The minimum atomic E-state index is -2.51. The summed E-state index contributed by atoms with van der Waals surface area (Å²) in [4.78, 5) is 16.1. The molecule has 0 aromatic heterocycles. The van der Waals surface area contributed by atoms with Crippen molar-refractivity contribution in [2.24, 2.45) is 4.99 Å². The number of amides is 1. The lowest BCUT2D eigenvalue weighted by atomic mass is 10.1. The number of nitrogens with zero attached hydrogens (tertiary/aromatic N) is 1. The number of carbonyl (C=O) groups is 1. The quantitative estimate of drug-likeness (QED) is 0.875. The van der Waals surface area contributed by atoms with E-state index in [0.29, 0.717) is 11.5 Å². The second-order valence-corrected chi connectivity index (χ2v) is 5.71. The van der Waals surface area contributed by atoms with Gasteiger partial charge in [-0.3, -0.25) is 10.1 Å². The fourth-order valence-electron chi connectivity index (χ4n) is 1.87. The van der Waals surface area contributed by atoms with Crippen molar-refractivity contribution in [2.75, 3.05) is 0 Å². The number of hydrogen-bond donors (Lipinski definition) is 2. The fourth-order valence-corrected chi connectivity index (χ4v) is 1.87. The van der Waals surface area contributed by atoms with E-state index in [1.54, 1.807) is 0 Å². The summed E-state index contributed by atoms with van der Waals surface area (Å²) in [6.45, 7) is 5.85. The van der Waals surface area contributed by atoms with E-state index < -0.39 is 12.5 Å². The van der Waals surface area contributed by atoms with Crippen molar-refractivity contribution >= 4 is 11.9 Å². The standard InChI is InChI=1S/C14H17F2N3O/c1-14(2,3)19-13-17-10(12(20)18-13)8-4-6-9(7-5-8)11(15)16/h4-7,10-11H,1-3H3,(H2,17,18,19,20). The summed E-state index contributed by atoms with van der Waals surface area (Å²) in [5, 5.41) is 5.72. The van der Waals surface area contributed by atoms with Gasteiger partial charge in [0.25, 0.3) is 12.3 Å². The monoisotopic (exact) mass is 281 g/mol. The number of benzene rings is 1. The SMILES string of the molecule is CC(C)(C)NC1=NC(c2ccc(C(F)F)cc2)C(=O)N1. The topological polar surface area (TPSA) is 53.5 Å². The molecule has 1 aliphatic heterocycles. The number of nitrogens with one attached hydrogen (secondary N) is 2. The van der Waals surface area contributed by atoms with Crippen LogP contribution in [0.5, 0.6) is 0 Å². The number of halogens is 2. The zero-order valence-corrected chi connectivity index (χ0v) is 11.6. The lowest BCUT2D eigenvalue weighted by molar-refractivity contribution is -0.120. The lowest BCUT2D eigenvalue weighted by Gasteiger charge is -2.21. The third-order valence-corrected chi connectivity index (χ3v) is 2.75. The third-order valence-electron chi connectivity index (χ3n) is 2.75.